The van der Waals surface area contributed by atoms with Crippen molar-refractivity contribution >= 4 is 21.4 Å². The summed E-state index contributed by atoms with van der Waals surface area (Å²) in [5.41, 5.74) is 0.328. The summed E-state index contributed by atoms with van der Waals surface area (Å²) >= 11 is 0. The topological polar surface area (TPSA) is 99.0 Å². The lowest BCUT2D eigenvalue weighted by Gasteiger charge is -2.35. The molecule has 2 fully saturated rings. The number of nitrogens with zero attached hydrogens (tertiary/aromatic N) is 4. The van der Waals surface area contributed by atoms with E-state index in [1.807, 2.05) is 23.9 Å². The van der Waals surface area contributed by atoms with Gasteiger partial charge in [-0.25, -0.2) is 13.1 Å². The predicted octanol–water partition coefficient (Wildman–Crippen LogP) is 0.967. The van der Waals surface area contributed by atoms with Crippen LogP contribution in [-0.2, 0) is 10.0 Å². The van der Waals surface area contributed by atoms with Crippen LogP contribution < -0.4 is 9.62 Å². The molecule has 1 saturated carbocycles. The summed E-state index contributed by atoms with van der Waals surface area (Å²) in [7, 11) is -0.0915. The molecule has 0 bridgehead atoms. The lowest BCUT2D eigenvalue weighted by molar-refractivity contribution is -0.384. The molecule has 156 valence electrons. The Morgan fingerprint density at radius 3 is 2.46 bits per heavy atom. The molecule has 0 atom stereocenters. The van der Waals surface area contributed by atoms with E-state index >= 15 is 0 Å². The van der Waals surface area contributed by atoms with E-state index in [1.54, 1.807) is 6.07 Å². The molecule has 1 heterocycles. The molecule has 1 N–H and O–H groups in total. The standard InChI is InChI=1S/C18H29N5O4S/c1-20(2)8-7-19-28(26,27)16-5-6-17(18(13-16)23(24)25)22-11-9-21(10-12-22)14-15-3-4-15/h5-6,13,15,19H,3-4,7-12,14H2,1-2H3. The first-order valence-corrected chi connectivity index (χ1v) is 11.1. The number of nitro groups is 1. The highest BCUT2D eigenvalue weighted by Crippen LogP contribution is 2.33. The molecular weight excluding hydrogens is 382 g/mol. The van der Waals surface area contributed by atoms with Crippen LogP contribution in [0.3, 0.4) is 0 Å². The van der Waals surface area contributed by atoms with Crippen LogP contribution in [0.15, 0.2) is 23.1 Å². The fraction of sp³-hybridized carbons (Fsp3) is 0.667. The SMILES string of the molecule is CN(C)CCNS(=O)(=O)c1ccc(N2CCN(CC3CC3)CC2)c([N+](=O)[O-])c1. The zero-order valence-corrected chi connectivity index (χ0v) is 17.3. The summed E-state index contributed by atoms with van der Waals surface area (Å²) in [6.07, 6.45) is 2.62. The Labute approximate surface area is 166 Å². The van der Waals surface area contributed by atoms with Crippen LogP contribution >= 0.6 is 0 Å². The summed E-state index contributed by atoms with van der Waals surface area (Å²) in [6, 6.07) is 4.19. The van der Waals surface area contributed by atoms with Crippen molar-refractivity contribution in [3.8, 4) is 0 Å². The fourth-order valence-corrected chi connectivity index (χ4v) is 4.45. The fourth-order valence-electron chi connectivity index (χ4n) is 3.41. The van der Waals surface area contributed by atoms with Crippen molar-refractivity contribution < 1.29 is 13.3 Å². The molecular formula is C18H29N5O4S. The molecule has 2 aliphatic rings. The van der Waals surface area contributed by atoms with Gasteiger partial charge >= 0.3 is 0 Å². The molecule has 28 heavy (non-hydrogen) atoms. The normalized spacial score (nSPS) is 18.6. The van der Waals surface area contributed by atoms with Gasteiger partial charge in [-0.05, 0) is 45.0 Å². The van der Waals surface area contributed by atoms with Crippen molar-refractivity contribution in [3.05, 3.63) is 28.3 Å². The van der Waals surface area contributed by atoms with Crippen molar-refractivity contribution in [2.24, 2.45) is 5.92 Å². The van der Waals surface area contributed by atoms with Gasteiger partial charge in [-0.2, -0.15) is 0 Å². The minimum atomic E-state index is -3.78. The Hall–Kier alpha value is -1.75. The van der Waals surface area contributed by atoms with E-state index < -0.39 is 14.9 Å². The van der Waals surface area contributed by atoms with Gasteiger partial charge in [-0.1, -0.05) is 0 Å². The van der Waals surface area contributed by atoms with Crippen molar-refractivity contribution in [2.75, 3.05) is 64.8 Å². The van der Waals surface area contributed by atoms with Gasteiger partial charge in [0.25, 0.3) is 5.69 Å². The van der Waals surface area contributed by atoms with E-state index in [2.05, 4.69) is 9.62 Å². The molecule has 1 aromatic carbocycles. The van der Waals surface area contributed by atoms with Crippen molar-refractivity contribution in [1.29, 1.82) is 0 Å². The number of benzene rings is 1. The third-order valence-electron chi connectivity index (χ3n) is 5.23. The Balaban J connectivity index is 1.71. The van der Waals surface area contributed by atoms with Gasteiger partial charge in [0.15, 0.2) is 0 Å². The monoisotopic (exact) mass is 411 g/mol. The van der Waals surface area contributed by atoms with E-state index in [0.29, 0.717) is 25.3 Å². The zero-order valence-electron chi connectivity index (χ0n) is 16.5. The van der Waals surface area contributed by atoms with Crippen LogP contribution in [-0.4, -0.2) is 83.0 Å². The van der Waals surface area contributed by atoms with Crippen molar-refractivity contribution in [2.45, 2.75) is 17.7 Å². The molecule has 1 aliphatic carbocycles. The number of rotatable bonds is 9. The van der Waals surface area contributed by atoms with Gasteiger partial charge in [0, 0.05) is 51.9 Å². The molecule has 0 radical (unpaired) electrons. The predicted molar refractivity (Wildman–Crippen MR) is 108 cm³/mol. The van der Waals surface area contributed by atoms with Crippen LogP contribution in [0.2, 0.25) is 0 Å². The Morgan fingerprint density at radius 2 is 1.89 bits per heavy atom. The number of hydrogen-bond acceptors (Lipinski definition) is 7. The lowest BCUT2D eigenvalue weighted by Crippen LogP contribution is -2.47. The maximum atomic E-state index is 12.5. The number of anilines is 1. The number of piperazine rings is 1. The van der Waals surface area contributed by atoms with Crippen molar-refractivity contribution in [1.82, 2.24) is 14.5 Å². The minimum absolute atomic E-state index is 0.0749. The second kappa shape index (κ2) is 8.73. The number of likely N-dealkylation sites (N-methyl/N-ethyl adjacent to an activating group) is 1. The lowest BCUT2D eigenvalue weighted by atomic mass is 10.2. The molecule has 0 unspecified atom stereocenters. The molecule has 1 aliphatic heterocycles. The highest BCUT2D eigenvalue weighted by molar-refractivity contribution is 7.89. The summed E-state index contributed by atoms with van der Waals surface area (Å²) in [5, 5.41) is 11.6. The van der Waals surface area contributed by atoms with Crippen LogP contribution in [0.1, 0.15) is 12.8 Å². The molecule has 0 amide bonds. The van der Waals surface area contributed by atoms with E-state index in [0.717, 1.165) is 25.6 Å². The van der Waals surface area contributed by atoms with Gasteiger partial charge in [0.1, 0.15) is 5.69 Å². The highest BCUT2D eigenvalue weighted by atomic mass is 32.2. The van der Waals surface area contributed by atoms with Gasteiger partial charge in [0.05, 0.1) is 9.82 Å². The Morgan fingerprint density at radius 1 is 1.21 bits per heavy atom. The van der Waals surface area contributed by atoms with Crippen LogP contribution in [0.25, 0.3) is 0 Å². The largest absolute Gasteiger partial charge is 0.363 e. The number of sulfonamides is 1. The first-order chi connectivity index (χ1) is 13.3. The third-order valence-corrected chi connectivity index (χ3v) is 6.69. The zero-order chi connectivity index (χ0) is 20.3. The summed E-state index contributed by atoms with van der Waals surface area (Å²) in [5.74, 6) is 0.824. The summed E-state index contributed by atoms with van der Waals surface area (Å²) < 4.78 is 27.4. The molecule has 3 rings (SSSR count). The summed E-state index contributed by atoms with van der Waals surface area (Å²) in [6.45, 7) is 5.07. The maximum absolute atomic E-state index is 12.5. The molecule has 0 spiro atoms. The van der Waals surface area contributed by atoms with E-state index in [4.69, 9.17) is 0 Å². The maximum Gasteiger partial charge on any atom is 0.293 e. The average Bonchev–Trinajstić information content (AvgIpc) is 3.45. The molecule has 1 aromatic rings. The molecule has 9 nitrogen and oxygen atoms in total. The Bertz CT molecular complexity index is 802. The van der Waals surface area contributed by atoms with E-state index in [9.17, 15) is 18.5 Å². The molecule has 10 heteroatoms. The number of nitrogens with one attached hydrogen (secondary N) is 1. The van der Waals surface area contributed by atoms with Gasteiger partial charge in [-0.3, -0.25) is 15.0 Å². The second-order valence-electron chi connectivity index (χ2n) is 7.84. The molecule has 1 saturated heterocycles. The second-order valence-corrected chi connectivity index (χ2v) is 9.61. The van der Waals surface area contributed by atoms with Gasteiger partial charge < -0.3 is 9.80 Å². The van der Waals surface area contributed by atoms with Gasteiger partial charge in [0.2, 0.25) is 10.0 Å². The van der Waals surface area contributed by atoms with Crippen LogP contribution in [0.5, 0.6) is 0 Å². The van der Waals surface area contributed by atoms with Crippen molar-refractivity contribution in [3.63, 3.8) is 0 Å². The van der Waals surface area contributed by atoms with Gasteiger partial charge in [-0.15, -0.1) is 0 Å². The number of hydrogen-bond donors (Lipinski definition) is 1. The van der Waals surface area contributed by atoms with Crippen LogP contribution in [0.4, 0.5) is 11.4 Å². The smallest absolute Gasteiger partial charge is 0.293 e. The summed E-state index contributed by atoms with van der Waals surface area (Å²) in [4.78, 5) is 17.3. The molecule has 0 aromatic heterocycles. The highest BCUT2D eigenvalue weighted by Gasteiger charge is 2.29. The van der Waals surface area contributed by atoms with E-state index in [1.165, 1.54) is 25.0 Å². The first kappa shape index (κ1) is 21.0. The van der Waals surface area contributed by atoms with E-state index in [-0.39, 0.29) is 17.1 Å². The average molecular weight is 412 g/mol. The van der Waals surface area contributed by atoms with Crippen LogP contribution in [0, 0.1) is 16.0 Å². The number of nitro benzene ring substituents is 1. The quantitative estimate of drug-likeness (QED) is 0.477. The third kappa shape index (κ3) is 5.40. The Kier molecular flexibility index (Phi) is 6.54. The first-order valence-electron chi connectivity index (χ1n) is 9.66. The minimum Gasteiger partial charge on any atom is -0.363 e.